The van der Waals surface area contributed by atoms with Gasteiger partial charge in [0.2, 0.25) is 11.2 Å². The van der Waals surface area contributed by atoms with Crippen molar-refractivity contribution >= 4 is 16.9 Å². The summed E-state index contributed by atoms with van der Waals surface area (Å²) in [5.74, 6) is 6.50. The van der Waals surface area contributed by atoms with Gasteiger partial charge >= 0.3 is 5.97 Å². The van der Waals surface area contributed by atoms with E-state index in [1.54, 1.807) is 56.5 Å². The summed E-state index contributed by atoms with van der Waals surface area (Å²) in [6, 6.07) is 12.0. The quantitative estimate of drug-likeness (QED) is 0.135. The van der Waals surface area contributed by atoms with Crippen LogP contribution in [-0.4, -0.2) is 25.8 Å². The minimum absolute atomic E-state index is 0.113. The van der Waals surface area contributed by atoms with Crippen LogP contribution in [0.3, 0.4) is 0 Å². The van der Waals surface area contributed by atoms with Gasteiger partial charge in [0.15, 0.2) is 6.61 Å². The number of carbonyl (C=O) groups excluding carboxylic acids is 1. The van der Waals surface area contributed by atoms with Crippen molar-refractivity contribution in [2.75, 3.05) is 13.7 Å². The Labute approximate surface area is 322 Å². The first-order valence-corrected chi connectivity index (χ1v) is 20.8. The molecule has 7 rings (SSSR count). The van der Waals surface area contributed by atoms with Gasteiger partial charge < -0.3 is 23.4 Å². The number of rotatable bonds is 12. The molecule has 3 aromatic rings. The van der Waals surface area contributed by atoms with Crippen LogP contribution in [0.25, 0.3) is 11.0 Å². The number of methoxy groups -OCH3 is 1. The number of benzene rings is 2. The average Bonchev–Trinajstić information content (AvgIpc) is 3.15. The molecule has 4 aliphatic rings. The number of aryl methyl sites for hydroxylation is 1. The highest BCUT2D eigenvalue weighted by atomic mass is 16.6. The van der Waals surface area contributed by atoms with Crippen LogP contribution in [0.2, 0.25) is 0 Å². The monoisotopic (exact) mass is 738 g/mol. The summed E-state index contributed by atoms with van der Waals surface area (Å²) in [7, 11) is 1.58. The second-order valence-electron chi connectivity index (χ2n) is 18.2. The molecular formula is C47H62O7. The van der Waals surface area contributed by atoms with Crippen LogP contribution >= 0.6 is 0 Å². The molecule has 3 fully saturated rings. The molecule has 7 heteroatoms. The maximum Gasteiger partial charge on any atom is 0.344 e. The third-order valence-electron chi connectivity index (χ3n) is 14.3. The summed E-state index contributed by atoms with van der Waals surface area (Å²) in [6.07, 6.45) is 17.5. The number of hydrogen-bond donors (Lipinski definition) is 0. The first-order valence-electron chi connectivity index (χ1n) is 20.8. The van der Waals surface area contributed by atoms with Crippen molar-refractivity contribution in [1.29, 1.82) is 0 Å². The lowest BCUT2D eigenvalue weighted by Gasteiger charge is -2.61. The first kappa shape index (κ1) is 38.5. The highest BCUT2D eigenvalue weighted by Gasteiger charge is 2.56. The number of esters is 1. The summed E-state index contributed by atoms with van der Waals surface area (Å²) >= 11 is 0. The largest absolute Gasteiger partial charge is 0.497 e. The highest BCUT2D eigenvalue weighted by Crippen LogP contribution is 2.65. The molecule has 1 aromatic heterocycles. The zero-order chi connectivity index (χ0) is 38.2. The van der Waals surface area contributed by atoms with Gasteiger partial charge in [-0.3, -0.25) is 4.79 Å². The molecule has 4 aliphatic carbocycles. The number of hydrogen-bond acceptors (Lipinski definition) is 7. The summed E-state index contributed by atoms with van der Waals surface area (Å²) in [6.45, 7) is 13.9. The Morgan fingerprint density at radius 3 is 2.56 bits per heavy atom. The Hall–Kier alpha value is -3.74. The fraction of sp³-hybridized carbons (Fsp3) is 0.617. The van der Waals surface area contributed by atoms with Gasteiger partial charge in [0.25, 0.3) is 0 Å². The fourth-order valence-corrected chi connectivity index (χ4v) is 11.2. The Morgan fingerprint density at radius 2 is 1.76 bits per heavy atom. The Bertz CT molecular complexity index is 1910. The van der Waals surface area contributed by atoms with Crippen LogP contribution in [0.15, 0.2) is 63.3 Å². The molecule has 7 nitrogen and oxygen atoms in total. The fourth-order valence-electron chi connectivity index (χ4n) is 11.2. The van der Waals surface area contributed by atoms with Gasteiger partial charge in [0.1, 0.15) is 34.7 Å². The molecule has 0 bridgehead atoms. The van der Waals surface area contributed by atoms with E-state index in [0.29, 0.717) is 39.4 Å². The Balaban J connectivity index is 0.933. The van der Waals surface area contributed by atoms with E-state index in [1.165, 1.54) is 63.4 Å². The SMILES string of the molecule is COc1cccc(Oc2c(C)oc3cc(OCC(=O)O[C@@H]4CC[C@@]5(C)C(=CC[C@@H]6[C@@H]7CC[C@H]([C@H](C)CCCC(C)C)C[C@@]7(C)CC[C@@H]65)C4)ccc3c2=O)c1. The third kappa shape index (κ3) is 7.84. The van der Waals surface area contributed by atoms with E-state index < -0.39 is 0 Å². The molecule has 0 radical (unpaired) electrons. The minimum Gasteiger partial charge on any atom is -0.497 e. The lowest BCUT2D eigenvalue weighted by atomic mass is 9.44. The summed E-state index contributed by atoms with van der Waals surface area (Å²) in [5.41, 5.74) is 2.27. The van der Waals surface area contributed by atoms with E-state index in [1.807, 2.05) is 0 Å². The Kier molecular flexibility index (Phi) is 11.3. The molecule has 292 valence electrons. The molecule has 2 aromatic carbocycles. The van der Waals surface area contributed by atoms with Crippen molar-refractivity contribution in [3.63, 3.8) is 0 Å². The smallest absolute Gasteiger partial charge is 0.344 e. The zero-order valence-electron chi connectivity index (χ0n) is 33.7. The molecule has 0 saturated heterocycles. The van der Waals surface area contributed by atoms with Crippen molar-refractivity contribution in [3.05, 3.63) is 70.1 Å². The average molecular weight is 739 g/mol. The topological polar surface area (TPSA) is 84.2 Å². The van der Waals surface area contributed by atoms with E-state index in [9.17, 15) is 9.59 Å². The predicted octanol–water partition coefficient (Wildman–Crippen LogP) is 11.6. The van der Waals surface area contributed by atoms with Crippen molar-refractivity contribution in [2.24, 2.45) is 46.3 Å². The lowest BCUT2D eigenvalue weighted by molar-refractivity contribution is -0.154. The third-order valence-corrected chi connectivity index (χ3v) is 14.3. The van der Waals surface area contributed by atoms with Gasteiger partial charge in [-0.15, -0.1) is 0 Å². The van der Waals surface area contributed by atoms with E-state index in [4.69, 9.17) is 23.4 Å². The molecule has 0 N–H and O–H groups in total. The van der Waals surface area contributed by atoms with Gasteiger partial charge in [-0.1, -0.05) is 71.6 Å². The van der Waals surface area contributed by atoms with E-state index >= 15 is 0 Å². The molecule has 8 atom stereocenters. The van der Waals surface area contributed by atoms with E-state index in [2.05, 4.69) is 40.7 Å². The van der Waals surface area contributed by atoms with Crippen LogP contribution in [0.5, 0.6) is 23.0 Å². The van der Waals surface area contributed by atoms with Gasteiger partial charge in [-0.2, -0.15) is 0 Å². The number of carbonyl (C=O) groups is 1. The summed E-state index contributed by atoms with van der Waals surface area (Å²) < 4.78 is 29.0. The van der Waals surface area contributed by atoms with Crippen LogP contribution in [0.1, 0.15) is 117 Å². The molecule has 1 heterocycles. The Morgan fingerprint density at radius 1 is 0.944 bits per heavy atom. The van der Waals surface area contributed by atoms with Crippen molar-refractivity contribution in [3.8, 4) is 23.0 Å². The second kappa shape index (κ2) is 15.8. The van der Waals surface area contributed by atoms with Crippen LogP contribution < -0.4 is 19.6 Å². The maximum atomic E-state index is 13.3. The first-order chi connectivity index (χ1) is 25.9. The molecule has 0 unspecified atom stereocenters. The van der Waals surface area contributed by atoms with Crippen LogP contribution in [-0.2, 0) is 9.53 Å². The number of allylic oxidation sites excluding steroid dienone is 1. The molecule has 0 amide bonds. The predicted molar refractivity (Wildman–Crippen MR) is 213 cm³/mol. The number of fused-ring (bicyclic) bond motifs is 6. The molecule has 0 aliphatic heterocycles. The molecule has 3 saturated carbocycles. The zero-order valence-corrected chi connectivity index (χ0v) is 33.7. The number of ether oxygens (including phenoxy) is 4. The normalized spacial score (nSPS) is 29.7. The van der Waals surface area contributed by atoms with Gasteiger partial charge in [-0.05, 0) is 129 Å². The van der Waals surface area contributed by atoms with Crippen molar-refractivity contribution in [2.45, 2.75) is 125 Å². The van der Waals surface area contributed by atoms with Crippen molar-refractivity contribution < 1.29 is 28.2 Å². The van der Waals surface area contributed by atoms with Gasteiger partial charge in [0, 0.05) is 18.6 Å². The highest BCUT2D eigenvalue weighted by molar-refractivity contribution is 5.80. The summed E-state index contributed by atoms with van der Waals surface area (Å²) in [5, 5.41) is 0.360. The van der Waals surface area contributed by atoms with Gasteiger partial charge in [0.05, 0.1) is 12.5 Å². The second-order valence-corrected chi connectivity index (χ2v) is 18.2. The van der Waals surface area contributed by atoms with E-state index in [-0.39, 0.29) is 35.3 Å². The summed E-state index contributed by atoms with van der Waals surface area (Å²) in [4.78, 5) is 26.4. The van der Waals surface area contributed by atoms with Crippen molar-refractivity contribution in [1.82, 2.24) is 0 Å². The molecule has 54 heavy (non-hydrogen) atoms. The van der Waals surface area contributed by atoms with Crippen LogP contribution in [0, 0.1) is 53.3 Å². The van der Waals surface area contributed by atoms with Crippen LogP contribution in [0.4, 0.5) is 0 Å². The maximum absolute atomic E-state index is 13.3. The standard InChI is InChI=1S/C47H62O7/c1-29(2)10-8-11-30(3)32-14-19-40-38-17-15-33-24-37(20-23-47(33,6)41(38)21-22-46(40,5)27-32)53-43(48)28-51-35-16-18-39-42(26-35)52-31(4)45(44(39)49)54-36-13-9-12-34(25-36)50-7/h9,12-13,15-16,18,25-26,29-30,32,37-38,40-41H,8,10-11,14,17,19-24,27-28H2,1-7H3/t30-,32+,37-,38-,40+,41+,46-,47+/m1/s1. The van der Waals surface area contributed by atoms with E-state index in [0.717, 1.165) is 54.8 Å². The molecule has 0 spiro atoms. The van der Waals surface area contributed by atoms with Gasteiger partial charge in [-0.25, -0.2) is 4.79 Å². The minimum atomic E-state index is -0.374. The molecular weight excluding hydrogens is 677 g/mol. The lowest BCUT2D eigenvalue weighted by Crippen LogP contribution is -2.52.